The van der Waals surface area contributed by atoms with Crippen molar-refractivity contribution in [3.63, 3.8) is 0 Å². The summed E-state index contributed by atoms with van der Waals surface area (Å²) < 4.78 is 0. The van der Waals surface area contributed by atoms with E-state index in [9.17, 15) is 20.4 Å². The molecule has 4 N–H and O–H groups in total. The molecule has 0 saturated carbocycles. The van der Waals surface area contributed by atoms with E-state index < -0.39 is 0 Å². The Labute approximate surface area is 200 Å². The zero-order chi connectivity index (χ0) is 24.2. The van der Waals surface area contributed by atoms with Gasteiger partial charge in [-0.2, -0.15) is 0 Å². The summed E-state index contributed by atoms with van der Waals surface area (Å²) in [6.45, 7) is 3.99. The second-order valence-electron chi connectivity index (χ2n) is 8.58. The number of aromatic hydroxyl groups is 4. The summed E-state index contributed by atoms with van der Waals surface area (Å²) in [5, 5.41) is 41.5. The van der Waals surface area contributed by atoms with E-state index in [2.05, 4.69) is 0 Å². The summed E-state index contributed by atoms with van der Waals surface area (Å²) in [6, 6.07) is 22.2. The van der Waals surface area contributed by atoms with Gasteiger partial charge in [-0.3, -0.25) is 0 Å². The second-order valence-corrected chi connectivity index (χ2v) is 8.58. The van der Waals surface area contributed by atoms with E-state index >= 15 is 0 Å². The third-order valence-corrected chi connectivity index (χ3v) is 6.43. The molecule has 0 saturated heterocycles. The maximum Gasteiger partial charge on any atom is 0.119 e. The Morgan fingerprint density at radius 3 is 0.912 bits per heavy atom. The fourth-order valence-corrected chi connectivity index (χ4v) is 4.26. The molecule has 4 rings (SSSR count). The van der Waals surface area contributed by atoms with Crippen molar-refractivity contribution in [1.82, 2.24) is 0 Å². The topological polar surface area (TPSA) is 80.9 Å². The van der Waals surface area contributed by atoms with Crippen molar-refractivity contribution in [1.29, 1.82) is 0 Å². The van der Waals surface area contributed by atoms with Gasteiger partial charge in [-0.15, -0.1) is 0 Å². The highest BCUT2D eigenvalue weighted by atomic mass is 16.3. The van der Waals surface area contributed by atoms with Gasteiger partial charge in [0.1, 0.15) is 23.0 Å². The number of hydrogen-bond acceptors (Lipinski definition) is 4. The number of benzene rings is 4. The molecular formula is C30H30O4. The van der Waals surface area contributed by atoms with Crippen molar-refractivity contribution < 1.29 is 20.4 Å². The average Bonchev–Trinajstić information content (AvgIpc) is 2.83. The molecule has 0 radical (unpaired) electrons. The SMILES string of the molecule is CCc1ccc(-c2ccc(CCc3ccc(-c4ccc(CC)c(O)c4)cc3O)c(O)c2)cc1O. The summed E-state index contributed by atoms with van der Waals surface area (Å²) in [5.41, 5.74) is 6.75. The predicted molar refractivity (Wildman–Crippen MR) is 137 cm³/mol. The van der Waals surface area contributed by atoms with Crippen LogP contribution in [-0.4, -0.2) is 20.4 Å². The third-order valence-electron chi connectivity index (χ3n) is 6.43. The van der Waals surface area contributed by atoms with E-state index in [4.69, 9.17) is 0 Å². The molecule has 0 spiro atoms. The minimum atomic E-state index is 0.194. The van der Waals surface area contributed by atoms with Crippen LogP contribution in [0.25, 0.3) is 22.3 Å². The van der Waals surface area contributed by atoms with Crippen molar-refractivity contribution in [3.8, 4) is 45.3 Å². The first-order valence-corrected chi connectivity index (χ1v) is 11.7. The Bertz CT molecular complexity index is 1220. The summed E-state index contributed by atoms with van der Waals surface area (Å²) in [7, 11) is 0. The van der Waals surface area contributed by atoms with Crippen molar-refractivity contribution >= 4 is 0 Å². The van der Waals surface area contributed by atoms with E-state index in [1.807, 2.05) is 62.4 Å². The van der Waals surface area contributed by atoms with Gasteiger partial charge in [0.2, 0.25) is 0 Å². The van der Waals surface area contributed by atoms with Gasteiger partial charge < -0.3 is 20.4 Å². The van der Waals surface area contributed by atoms with Crippen LogP contribution in [-0.2, 0) is 25.7 Å². The zero-order valence-corrected chi connectivity index (χ0v) is 19.5. The lowest BCUT2D eigenvalue weighted by atomic mass is 9.96. The average molecular weight is 455 g/mol. The lowest BCUT2D eigenvalue weighted by Crippen LogP contribution is -1.94. The number of hydrogen-bond donors (Lipinski definition) is 4. The lowest BCUT2D eigenvalue weighted by molar-refractivity contribution is 0.462. The molecule has 4 heteroatoms. The largest absolute Gasteiger partial charge is 0.508 e. The second kappa shape index (κ2) is 9.92. The van der Waals surface area contributed by atoms with E-state index in [0.29, 0.717) is 12.8 Å². The Morgan fingerprint density at radius 2 is 0.676 bits per heavy atom. The molecule has 34 heavy (non-hydrogen) atoms. The molecule has 0 aliphatic carbocycles. The number of phenols is 4. The van der Waals surface area contributed by atoms with Crippen LogP contribution in [0.4, 0.5) is 0 Å². The summed E-state index contributed by atoms with van der Waals surface area (Å²) in [6.07, 6.45) is 2.67. The van der Waals surface area contributed by atoms with Crippen molar-refractivity contribution in [2.75, 3.05) is 0 Å². The van der Waals surface area contributed by atoms with Crippen LogP contribution >= 0.6 is 0 Å². The molecular weight excluding hydrogens is 424 g/mol. The molecule has 4 nitrogen and oxygen atoms in total. The summed E-state index contributed by atoms with van der Waals surface area (Å²) >= 11 is 0. The number of phenolic OH excluding ortho intramolecular Hbond substituents is 4. The Hall–Kier alpha value is -3.92. The van der Waals surface area contributed by atoms with Crippen LogP contribution in [0.3, 0.4) is 0 Å². The molecule has 174 valence electrons. The summed E-state index contributed by atoms with van der Waals surface area (Å²) in [4.78, 5) is 0. The molecule has 0 amide bonds. The fraction of sp³-hybridized carbons (Fsp3) is 0.200. The van der Waals surface area contributed by atoms with Crippen molar-refractivity contribution in [2.24, 2.45) is 0 Å². The highest BCUT2D eigenvalue weighted by Gasteiger charge is 2.10. The van der Waals surface area contributed by atoms with Gasteiger partial charge in [-0.1, -0.05) is 62.4 Å². The zero-order valence-electron chi connectivity index (χ0n) is 19.5. The van der Waals surface area contributed by atoms with Crippen molar-refractivity contribution in [3.05, 3.63) is 95.1 Å². The minimum Gasteiger partial charge on any atom is -0.508 e. The standard InChI is InChI=1S/C30H30O4/c1-3-19-5-11-23(15-27(19)31)25-13-9-21(29(33)17-25)7-8-22-10-14-26(18-30(22)34)24-12-6-20(4-2)28(32)16-24/h5-6,9-18,31-34H,3-4,7-8H2,1-2H3. The molecule has 0 fully saturated rings. The maximum absolute atomic E-state index is 10.6. The van der Waals surface area contributed by atoms with Gasteiger partial charge in [-0.05, 0) is 94.5 Å². The Morgan fingerprint density at radius 1 is 0.412 bits per heavy atom. The van der Waals surface area contributed by atoms with E-state index in [-0.39, 0.29) is 23.0 Å². The summed E-state index contributed by atoms with van der Waals surface area (Å²) in [5.74, 6) is 0.913. The molecule has 4 aromatic carbocycles. The highest BCUT2D eigenvalue weighted by molar-refractivity contribution is 5.69. The smallest absolute Gasteiger partial charge is 0.119 e. The molecule has 4 aromatic rings. The molecule has 0 bridgehead atoms. The van der Waals surface area contributed by atoms with Crippen LogP contribution in [0.1, 0.15) is 36.1 Å². The molecule has 0 heterocycles. The number of aryl methyl sites for hydroxylation is 4. The molecule has 0 aliphatic rings. The third kappa shape index (κ3) is 4.86. The molecule has 0 atom stereocenters. The highest BCUT2D eigenvalue weighted by Crippen LogP contribution is 2.33. The van der Waals surface area contributed by atoms with E-state index in [1.165, 1.54) is 0 Å². The lowest BCUT2D eigenvalue weighted by Gasteiger charge is -2.11. The van der Waals surface area contributed by atoms with Gasteiger partial charge in [0.05, 0.1) is 0 Å². The van der Waals surface area contributed by atoms with Crippen LogP contribution in [0.5, 0.6) is 23.0 Å². The Kier molecular flexibility index (Phi) is 6.78. The van der Waals surface area contributed by atoms with E-state index in [1.54, 1.807) is 24.3 Å². The van der Waals surface area contributed by atoms with Gasteiger partial charge in [0, 0.05) is 0 Å². The van der Waals surface area contributed by atoms with Crippen LogP contribution in [0.15, 0.2) is 72.8 Å². The maximum atomic E-state index is 10.6. The first-order chi connectivity index (χ1) is 16.4. The Balaban J connectivity index is 1.48. The number of rotatable bonds is 7. The molecule has 0 unspecified atom stereocenters. The van der Waals surface area contributed by atoms with Crippen LogP contribution in [0.2, 0.25) is 0 Å². The van der Waals surface area contributed by atoms with Gasteiger partial charge in [0.15, 0.2) is 0 Å². The fourth-order valence-electron chi connectivity index (χ4n) is 4.26. The van der Waals surface area contributed by atoms with Gasteiger partial charge >= 0.3 is 0 Å². The van der Waals surface area contributed by atoms with Gasteiger partial charge in [-0.25, -0.2) is 0 Å². The van der Waals surface area contributed by atoms with Crippen LogP contribution in [0, 0.1) is 0 Å². The minimum absolute atomic E-state index is 0.194. The van der Waals surface area contributed by atoms with E-state index in [0.717, 1.165) is 57.3 Å². The quantitative estimate of drug-likeness (QED) is 0.249. The molecule has 0 aromatic heterocycles. The van der Waals surface area contributed by atoms with Gasteiger partial charge in [0.25, 0.3) is 0 Å². The molecule has 0 aliphatic heterocycles. The normalized spacial score (nSPS) is 11.0. The van der Waals surface area contributed by atoms with Crippen molar-refractivity contribution in [2.45, 2.75) is 39.5 Å². The monoisotopic (exact) mass is 454 g/mol. The first kappa shape index (κ1) is 23.2. The first-order valence-electron chi connectivity index (χ1n) is 11.7. The predicted octanol–water partition coefficient (Wildman–Crippen LogP) is 6.75. The van der Waals surface area contributed by atoms with Crippen LogP contribution < -0.4 is 0 Å².